The van der Waals surface area contributed by atoms with Crippen molar-refractivity contribution in [3.05, 3.63) is 12.2 Å². The van der Waals surface area contributed by atoms with E-state index in [1.807, 2.05) is 12.2 Å². The predicted molar refractivity (Wildman–Crippen MR) is 101 cm³/mol. The van der Waals surface area contributed by atoms with Gasteiger partial charge < -0.3 is 4.74 Å². The van der Waals surface area contributed by atoms with Crippen LogP contribution in [0.3, 0.4) is 0 Å². The molecule has 0 unspecified atom stereocenters. The van der Waals surface area contributed by atoms with Gasteiger partial charge in [-0.25, -0.2) is 16.8 Å². The first-order valence-corrected chi connectivity index (χ1v) is 18.4. The molecule has 2 atom stereocenters. The van der Waals surface area contributed by atoms with Crippen molar-refractivity contribution >= 4 is 39.6 Å². The second kappa shape index (κ2) is 10.9. The van der Waals surface area contributed by atoms with Crippen LogP contribution in [0.1, 0.15) is 20.3 Å². The Kier molecular flexibility index (Phi) is 11.3. The third-order valence-electron chi connectivity index (χ3n) is 3.69. The van der Waals surface area contributed by atoms with Crippen molar-refractivity contribution in [1.29, 1.82) is 0 Å². The van der Waals surface area contributed by atoms with E-state index in [1.54, 1.807) is 15.6 Å². The van der Waals surface area contributed by atoms with E-state index >= 15 is 0 Å². The molecule has 3 aliphatic heterocycles. The van der Waals surface area contributed by atoms with E-state index in [4.69, 9.17) is 4.74 Å². The molecule has 0 aromatic carbocycles. The van der Waals surface area contributed by atoms with Crippen molar-refractivity contribution in [1.82, 2.24) is 8.61 Å². The van der Waals surface area contributed by atoms with Gasteiger partial charge in [0.25, 0.3) is 0 Å². The van der Waals surface area contributed by atoms with Crippen molar-refractivity contribution in [2.24, 2.45) is 0 Å². The molecule has 0 saturated carbocycles. The summed E-state index contributed by atoms with van der Waals surface area (Å²) in [6.07, 6.45) is 8.62. The third kappa shape index (κ3) is 8.53. The van der Waals surface area contributed by atoms with Crippen LogP contribution < -0.4 is 0 Å². The fourth-order valence-electron chi connectivity index (χ4n) is 2.38. The molecular weight excluding hydrogens is 641 g/mol. The molecule has 3 rings (SSSR count). The van der Waals surface area contributed by atoms with Gasteiger partial charge in [-0.3, -0.25) is 0 Å². The average Bonchev–Trinajstić information content (AvgIpc) is 3.27. The molecule has 0 aromatic rings. The first-order chi connectivity index (χ1) is 10.7. The van der Waals surface area contributed by atoms with Crippen LogP contribution in [0.2, 0.25) is 0 Å². The van der Waals surface area contributed by atoms with Crippen molar-refractivity contribution in [3.63, 3.8) is 0 Å². The van der Waals surface area contributed by atoms with Crippen LogP contribution in [0.25, 0.3) is 0 Å². The number of halogens is 1. The van der Waals surface area contributed by atoms with E-state index in [0.717, 1.165) is 12.8 Å². The van der Waals surface area contributed by atoms with Crippen LogP contribution in [0.15, 0.2) is 12.2 Å². The maximum atomic E-state index is 11.0. The first-order valence-electron chi connectivity index (χ1n) is 7.03. The van der Waals surface area contributed by atoms with Crippen molar-refractivity contribution < 1.29 is 37.2 Å². The molecule has 3 aliphatic rings. The number of nitrogens with zero attached hydrogens (tertiary/aromatic N) is 2. The van der Waals surface area contributed by atoms with Crippen molar-refractivity contribution in [2.45, 2.75) is 32.5 Å². The molecule has 0 bridgehead atoms. The van der Waals surface area contributed by atoms with Crippen molar-refractivity contribution in [2.75, 3.05) is 38.7 Å². The Balaban J connectivity index is 0.000000387. The van der Waals surface area contributed by atoms with Crippen LogP contribution >= 0.6 is 19.5 Å². The van der Waals surface area contributed by atoms with Crippen LogP contribution in [-0.4, -0.2) is 76.3 Å². The van der Waals surface area contributed by atoms with Gasteiger partial charge in [0.05, 0.1) is 24.7 Å². The Labute approximate surface area is 167 Å². The summed E-state index contributed by atoms with van der Waals surface area (Å²) in [6.45, 7) is 2.36. The van der Waals surface area contributed by atoms with Gasteiger partial charge in [0.15, 0.2) is 0 Å². The third-order valence-corrected chi connectivity index (χ3v) is 6.23. The van der Waals surface area contributed by atoms with Gasteiger partial charge in [0.2, 0.25) is 20.0 Å². The molecule has 7 nitrogen and oxygen atoms in total. The van der Waals surface area contributed by atoms with E-state index in [2.05, 4.69) is 19.5 Å². The summed E-state index contributed by atoms with van der Waals surface area (Å²) in [5, 5.41) is 0. The Bertz CT molecular complexity index is 612. The zero-order chi connectivity index (χ0) is 17.7. The fourth-order valence-corrected chi connectivity index (χ4v) is 4.03. The number of sulfonamides is 2. The summed E-state index contributed by atoms with van der Waals surface area (Å²) in [4.78, 5) is 0. The monoisotopic (exact) mass is 668 g/mol. The molecule has 0 amide bonds. The van der Waals surface area contributed by atoms with Crippen LogP contribution in [0, 0.1) is 0 Å². The Morgan fingerprint density at radius 1 is 1.00 bits per heavy atom. The predicted octanol–water partition coefficient (Wildman–Crippen LogP) is 1.15. The Morgan fingerprint density at radius 3 is 1.96 bits per heavy atom. The van der Waals surface area contributed by atoms with E-state index < -0.39 is 20.0 Å². The molecular formula is C13H26IN2O5ReS2. The molecule has 11 heteroatoms. The summed E-state index contributed by atoms with van der Waals surface area (Å²) in [5.41, 5.74) is 0. The minimum absolute atomic E-state index is 0. The SMILES string of the molecule is C.CS(=O)(=O)N1CC=CCC1.CS(=O)(=O)N1CC[C@H]2O[C@H]2C1.[I][Re]. The number of hydrogen-bond donors (Lipinski definition) is 0. The van der Waals surface area contributed by atoms with Crippen LogP contribution in [0.5, 0.6) is 0 Å². The minimum atomic E-state index is -2.98. The molecule has 0 aromatic heterocycles. The molecule has 24 heavy (non-hydrogen) atoms. The summed E-state index contributed by atoms with van der Waals surface area (Å²) in [7, 11) is -5.92. The summed E-state index contributed by atoms with van der Waals surface area (Å²) >= 11 is 3.90. The molecule has 0 spiro atoms. The summed E-state index contributed by atoms with van der Waals surface area (Å²) in [5.74, 6) is 0. The Morgan fingerprint density at radius 2 is 1.58 bits per heavy atom. The molecule has 0 aliphatic carbocycles. The average molecular weight is 668 g/mol. The molecule has 3 heterocycles. The molecule has 0 radical (unpaired) electrons. The Hall–Kier alpha value is 0.912. The first kappa shape index (κ1) is 24.9. The van der Waals surface area contributed by atoms with Gasteiger partial charge >= 0.3 is 35.1 Å². The quantitative estimate of drug-likeness (QED) is 0.251. The molecule has 0 N–H and O–H groups in total. The van der Waals surface area contributed by atoms with Gasteiger partial charge in [-0.1, -0.05) is 19.6 Å². The van der Waals surface area contributed by atoms with Gasteiger partial charge in [-0.2, -0.15) is 8.61 Å². The maximum absolute atomic E-state index is 11.0. The van der Waals surface area contributed by atoms with E-state index in [-0.39, 0.29) is 13.5 Å². The van der Waals surface area contributed by atoms with Crippen LogP contribution in [0.4, 0.5) is 0 Å². The summed E-state index contributed by atoms with van der Waals surface area (Å²) in [6, 6.07) is 0. The number of ether oxygens (including phenoxy) is 1. The zero-order valence-electron chi connectivity index (χ0n) is 13.1. The van der Waals surface area contributed by atoms with Gasteiger partial charge in [0.1, 0.15) is 0 Å². The standard InChI is InChI=1S/C6H11NO3S.C6H11NO2S.CH4.HI.Re/c1-11(8,9)7-3-2-5-6(4-7)10-5;1-10(8,9)7-5-3-2-4-6-7;;;/h5-6H,2-4H2,1H3;2-3H,4-6H2,1H3;1H4;1H;/q;;;;+1/p-1/t5-,6+;;;;/m1..../s1. The van der Waals surface area contributed by atoms with E-state index in [9.17, 15) is 16.8 Å². The van der Waals surface area contributed by atoms with E-state index in [1.165, 1.54) is 21.1 Å². The molecule has 2 fully saturated rings. The van der Waals surface area contributed by atoms with E-state index in [0.29, 0.717) is 32.3 Å². The van der Waals surface area contributed by atoms with Gasteiger partial charge in [0, 0.05) is 26.2 Å². The zero-order valence-corrected chi connectivity index (χ0v) is 19.6. The normalized spacial score (nSPS) is 26.7. The number of hydrogen-bond acceptors (Lipinski definition) is 5. The number of epoxide rings is 1. The van der Waals surface area contributed by atoms with Gasteiger partial charge in [-0.05, 0) is 12.8 Å². The molecule has 144 valence electrons. The number of piperidine rings is 1. The van der Waals surface area contributed by atoms with Gasteiger partial charge in [-0.15, -0.1) is 0 Å². The fraction of sp³-hybridized carbons (Fsp3) is 0.846. The number of fused-ring (bicyclic) bond motifs is 1. The summed E-state index contributed by atoms with van der Waals surface area (Å²) < 4.78 is 51.9. The number of rotatable bonds is 2. The van der Waals surface area contributed by atoms with Crippen LogP contribution in [-0.2, 0) is 40.4 Å². The second-order valence-electron chi connectivity index (χ2n) is 5.50. The van der Waals surface area contributed by atoms with Crippen molar-refractivity contribution in [3.8, 4) is 0 Å². The topological polar surface area (TPSA) is 87.3 Å². The molecule has 2 saturated heterocycles. The second-order valence-corrected chi connectivity index (χ2v) is 9.47.